The van der Waals surface area contributed by atoms with Crippen LogP contribution in [0.3, 0.4) is 0 Å². The summed E-state index contributed by atoms with van der Waals surface area (Å²) >= 11 is 0. The Balaban J connectivity index is 1.97. The lowest BCUT2D eigenvalue weighted by atomic mass is 10.1. The number of amides is 3. The van der Waals surface area contributed by atoms with E-state index in [1.54, 1.807) is 24.3 Å². The van der Waals surface area contributed by atoms with Gasteiger partial charge in [-0.05, 0) is 12.1 Å². The van der Waals surface area contributed by atoms with E-state index in [0.717, 1.165) is 11.4 Å². The highest BCUT2D eigenvalue weighted by molar-refractivity contribution is 6.22. The number of benzene rings is 1. The van der Waals surface area contributed by atoms with Crippen LogP contribution in [-0.4, -0.2) is 56.4 Å². The third kappa shape index (κ3) is 2.85. The molecule has 1 aromatic rings. The summed E-state index contributed by atoms with van der Waals surface area (Å²) in [5.74, 6) is -1.13. The fourth-order valence-electron chi connectivity index (χ4n) is 2.03. The third-order valence-corrected chi connectivity index (χ3v) is 3.13. The number of rotatable bonds is 5. The number of nitrogens with zero attached hydrogens (tertiary/aromatic N) is 1. The van der Waals surface area contributed by atoms with Gasteiger partial charge in [0.25, 0.3) is 11.8 Å². The minimum absolute atomic E-state index is 0.227. The molecule has 106 valence electrons. The van der Waals surface area contributed by atoms with Gasteiger partial charge in [0.1, 0.15) is 6.54 Å². The maximum absolute atomic E-state index is 12.0. The largest absolute Gasteiger partial charge is 0.349 e. The van der Waals surface area contributed by atoms with E-state index in [1.165, 1.54) is 4.90 Å². The summed E-state index contributed by atoms with van der Waals surface area (Å²) in [6.45, 7) is 1.08. The van der Waals surface area contributed by atoms with Gasteiger partial charge in [-0.15, -0.1) is 0 Å². The Morgan fingerprint density at radius 2 is 1.70 bits per heavy atom. The number of carbonyl (C=O) groups is 3. The van der Waals surface area contributed by atoms with Crippen molar-refractivity contribution in [2.75, 3.05) is 33.7 Å². The molecule has 6 heteroatoms. The fraction of sp³-hybridized carbons (Fsp3) is 0.357. The molecular formula is C14H18N3O3+. The first-order valence-corrected chi connectivity index (χ1v) is 6.51. The van der Waals surface area contributed by atoms with Crippen molar-refractivity contribution in [3.63, 3.8) is 0 Å². The molecule has 0 bridgehead atoms. The van der Waals surface area contributed by atoms with E-state index in [1.807, 2.05) is 14.1 Å². The van der Waals surface area contributed by atoms with Gasteiger partial charge in [-0.3, -0.25) is 19.3 Å². The van der Waals surface area contributed by atoms with Crippen molar-refractivity contribution >= 4 is 17.7 Å². The van der Waals surface area contributed by atoms with Gasteiger partial charge in [0.15, 0.2) is 0 Å². The molecule has 6 nitrogen and oxygen atoms in total. The molecule has 3 amide bonds. The first-order valence-electron chi connectivity index (χ1n) is 6.51. The van der Waals surface area contributed by atoms with Crippen LogP contribution in [0.5, 0.6) is 0 Å². The molecule has 0 saturated heterocycles. The zero-order valence-corrected chi connectivity index (χ0v) is 11.6. The first-order chi connectivity index (χ1) is 9.50. The van der Waals surface area contributed by atoms with Crippen molar-refractivity contribution in [3.05, 3.63) is 35.4 Å². The average Bonchev–Trinajstić information content (AvgIpc) is 2.64. The highest BCUT2D eigenvalue weighted by Gasteiger charge is 2.36. The Hall–Kier alpha value is -2.21. The lowest BCUT2D eigenvalue weighted by Gasteiger charge is -2.14. The standard InChI is InChI=1S/C14H17N3O3/c1-16(2)8-7-15-12(18)9-17-13(19)10-5-3-4-6-11(10)14(17)20/h3-6H,7-9H2,1-2H3,(H,15,18)/p+1. The summed E-state index contributed by atoms with van der Waals surface area (Å²) in [5.41, 5.74) is 0.728. The number of hydrogen-bond donors (Lipinski definition) is 2. The van der Waals surface area contributed by atoms with Crippen LogP contribution >= 0.6 is 0 Å². The maximum atomic E-state index is 12.0. The fourth-order valence-corrected chi connectivity index (χ4v) is 2.03. The number of imide groups is 1. The van der Waals surface area contributed by atoms with Crippen LogP contribution < -0.4 is 10.2 Å². The summed E-state index contributed by atoms with van der Waals surface area (Å²) in [4.78, 5) is 38.1. The van der Waals surface area contributed by atoms with Crippen LogP contribution in [0.25, 0.3) is 0 Å². The second kappa shape index (κ2) is 5.83. The van der Waals surface area contributed by atoms with Gasteiger partial charge in [0, 0.05) is 0 Å². The number of hydrogen-bond acceptors (Lipinski definition) is 3. The van der Waals surface area contributed by atoms with Gasteiger partial charge in [-0.25, -0.2) is 0 Å². The molecule has 2 rings (SSSR count). The molecule has 0 unspecified atom stereocenters. The van der Waals surface area contributed by atoms with Gasteiger partial charge in [0.05, 0.1) is 38.3 Å². The van der Waals surface area contributed by atoms with Gasteiger partial charge in [-0.2, -0.15) is 0 Å². The van der Waals surface area contributed by atoms with E-state index < -0.39 is 11.8 Å². The Kier molecular flexibility index (Phi) is 4.14. The highest BCUT2D eigenvalue weighted by Crippen LogP contribution is 2.21. The monoisotopic (exact) mass is 276 g/mol. The zero-order valence-electron chi connectivity index (χ0n) is 11.6. The Bertz CT molecular complexity index is 519. The van der Waals surface area contributed by atoms with Crippen molar-refractivity contribution < 1.29 is 19.3 Å². The molecule has 0 aliphatic carbocycles. The Labute approximate surface area is 117 Å². The quantitative estimate of drug-likeness (QED) is 0.646. The van der Waals surface area contributed by atoms with E-state index in [2.05, 4.69) is 5.32 Å². The predicted molar refractivity (Wildman–Crippen MR) is 72.5 cm³/mol. The predicted octanol–water partition coefficient (Wildman–Crippen LogP) is -1.46. The molecule has 1 aromatic carbocycles. The topological polar surface area (TPSA) is 70.9 Å². The van der Waals surface area contributed by atoms with E-state index in [4.69, 9.17) is 0 Å². The van der Waals surface area contributed by atoms with Crippen LogP contribution in [-0.2, 0) is 4.79 Å². The van der Waals surface area contributed by atoms with E-state index in [0.29, 0.717) is 17.7 Å². The minimum atomic E-state index is -0.404. The van der Waals surface area contributed by atoms with Gasteiger partial charge < -0.3 is 10.2 Å². The van der Waals surface area contributed by atoms with Crippen molar-refractivity contribution in [2.45, 2.75) is 0 Å². The minimum Gasteiger partial charge on any atom is -0.349 e. The molecule has 0 fully saturated rings. The number of likely N-dealkylation sites (N-methyl/N-ethyl adjacent to an activating group) is 1. The van der Waals surface area contributed by atoms with Crippen LogP contribution in [0.2, 0.25) is 0 Å². The number of fused-ring (bicyclic) bond motifs is 1. The lowest BCUT2D eigenvalue weighted by molar-refractivity contribution is -0.856. The summed E-state index contributed by atoms with van der Waals surface area (Å²) < 4.78 is 0. The van der Waals surface area contributed by atoms with Crippen LogP contribution in [0, 0.1) is 0 Å². The molecular weight excluding hydrogens is 258 g/mol. The first kappa shape index (κ1) is 14.2. The molecule has 1 aliphatic rings. The number of quaternary nitrogens is 1. The molecule has 2 N–H and O–H groups in total. The van der Waals surface area contributed by atoms with Crippen LogP contribution in [0.4, 0.5) is 0 Å². The second-order valence-electron chi connectivity index (χ2n) is 5.05. The Morgan fingerprint density at radius 1 is 1.15 bits per heavy atom. The highest BCUT2D eigenvalue weighted by atomic mass is 16.2. The number of nitrogens with one attached hydrogen (secondary N) is 2. The normalized spacial score (nSPS) is 13.8. The lowest BCUT2D eigenvalue weighted by Crippen LogP contribution is -3.06. The van der Waals surface area contributed by atoms with E-state index >= 15 is 0 Å². The smallest absolute Gasteiger partial charge is 0.262 e. The maximum Gasteiger partial charge on any atom is 0.262 e. The molecule has 0 aromatic heterocycles. The van der Waals surface area contributed by atoms with Crippen molar-refractivity contribution in [3.8, 4) is 0 Å². The van der Waals surface area contributed by atoms with Crippen LogP contribution in [0.15, 0.2) is 24.3 Å². The van der Waals surface area contributed by atoms with Gasteiger partial charge >= 0.3 is 0 Å². The van der Waals surface area contributed by atoms with Gasteiger partial charge in [0.2, 0.25) is 5.91 Å². The summed E-state index contributed by atoms with van der Waals surface area (Å²) in [6.07, 6.45) is 0. The van der Waals surface area contributed by atoms with Gasteiger partial charge in [-0.1, -0.05) is 12.1 Å². The molecule has 1 heterocycles. The van der Waals surface area contributed by atoms with E-state index in [-0.39, 0.29) is 12.5 Å². The van der Waals surface area contributed by atoms with Crippen molar-refractivity contribution in [1.82, 2.24) is 10.2 Å². The SMILES string of the molecule is C[NH+](C)CCNC(=O)CN1C(=O)c2ccccc2C1=O. The third-order valence-electron chi connectivity index (χ3n) is 3.13. The average molecular weight is 276 g/mol. The zero-order chi connectivity index (χ0) is 14.7. The molecule has 0 saturated carbocycles. The summed E-state index contributed by atoms with van der Waals surface area (Å²) in [6, 6.07) is 6.60. The molecule has 0 spiro atoms. The molecule has 0 radical (unpaired) electrons. The van der Waals surface area contributed by atoms with E-state index in [9.17, 15) is 14.4 Å². The molecule has 0 atom stereocenters. The van der Waals surface area contributed by atoms with Crippen LogP contribution in [0.1, 0.15) is 20.7 Å². The summed E-state index contributed by atoms with van der Waals surface area (Å²) in [5, 5.41) is 2.70. The number of carbonyl (C=O) groups excluding carboxylic acids is 3. The van der Waals surface area contributed by atoms with Crippen molar-refractivity contribution in [2.24, 2.45) is 0 Å². The van der Waals surface area contributed by atoms with Crippen molar-refractivity contribution in [1.29, 1.82) is 0 Å². The summed E-state index contributed by atoms with van der Waals surface area (Å²) in [7, 11) is 3.96. The molecule has 1 aliphatic heterocycles. The Morgan fingerprint density at radius 3 is 2.20 bits per heavy atom. The molecule has 20 heavy (non-hydrogen) atoms. The second-order valence-corrected chi connectivity index (χ2v) is 5.05.